The third-order valence-corrected chi connectivity index (χ3v) is 5.74. The monoisotopic (exact) mass is 396 g/mol. The Hall–Kier alpha value is -1.56. The highest BCUT2D eigenvalue weighted by Crippen LogP contribution is 2.31. The molecule has 3 rings (SSSR count). The molecule has 0 radical (unpaired) electrons. The highest BCUT2D eigenvalue weighted by atomic mass is 35.5. The van der Waals surface area contributed by atoms with Crippen LogP contribution in [0.15, 0.2) is 30.3 Å². The zero-order chi connectivity index (χ0) is 18.0. The molecule has 0 saturated carbocycles. The summed E-state index contributed by atoms with van der Waals surface area (Å²) in [4.78, 5) is 29.3. The van der Waals surface area contributed by atoms with E-state index < -0.39 is 0 Å². The Morgan fingerprint density at radius 3 is 2.68 bits per heavy atom. The minimum Gasteiger partial charge on any atom is -0.334 e. The molecule has 1 saturated heterocycles. The summed E-state index contributed by atoms with van der Waals surface area (Å²) in [6.07, 6.45) is 1.34. The van der Waals surface area contributed by atoms with E-state index in [1.54, 1.807) is 28.0 Å². The molecule has 0 N–H and O–H groups in total. The van der Waals surface area contributed by atoms with Crippen molar-refractivity contribution in [2.24, 2.45) is 0 Å². The molecule has 0 unspecified atom stereocenters. The van der Waals surface area contributed by atoms with Gasteiger partial charge in [0.2, 0.25) is 5.91 Å². The Morgan fingerprint density at radius 2 is 2.08 bits per heavy atom. The quantitative estimate of drug-likeness (QED) is 0.724. The summed E-state index contributed by atoms with van der Waals surface area (Å²) in [5.41, 5.74) is 1.15. The van der Waals surface area contributed by atoms with Crippen molar-refractivity contribution in [3.8, 4) is 0 Å². The fourth-order valence-electron chi connectivity index (χ4n) is 2.89. The van der Waals surface area contributed by atoms with Crippen LogP contribution >= 0.6 is 34.5 Å². The topological polar surface area (TPSA) is 40.6 Å². The third-order valence-electron chi connectivity index (χ3n) is 4.20. The minimum absolute atomic E-state index is 0.0482. The molecular weight excluding hydrogens is 379 g/mol. The number of nitrogens with zero attached hydrogens (tertiary/aromatic N) is 2. The zero-order valence-corrected chi connectivity index (χ0v) is 16.1. The van der Waals surface area contributed by atoms with Crippen molar-refractivity contribution in [1.29, 1.82) is 0 Å². The molecule has 0 spiro atoms. The number of halogens is 2. The van der Waals surface area contributed by atoms with E-state index in [4.69, 9.17) is 23.2 Å². The number of hydrogen-bond acceptors (Lipinski definition) is 3. The maximum Gasteiger partial charge on any atom is 0.254 e. The maximum atomic E-state index is 12.9. The average molecular weight is 397 g/mol. The van der Waals surface area contributed by atoms with Gasteiger partial charge in [0.1, 0.15) is 0 Å². The van der Waals surface area contributed by atoms with Gasteiger partial charge in [0.25, 0.3) is 5.91 Å². The van der Waals surface area contributed by atoms with Gasteiger partial charge in [0.15, 0.2) is 0 Å². The highest BCUT2D eigenvalue weighted by molar-refractivity contribution is 7.16. The van der Waals surface area contributed by atoms with E-state index >= 15 is 0 Å². The largest absolute Gasteiger partial charge is 0.334 e. The molecular formula is C18H18Cl2N2O2S. The van der Waals surface area contributed by atoms with Crippen molar-refractivity contribution in [3.63, 3.8) is 0 Å². The second-order valence-corrected chi connectivity index (χ2v) is 8.05. The van der Waals surface area contributed by atoms with E-state index in [-0.39, 0.29) is 11.8 Å². The minimum atomic E-state index is -0.0865. The zero-order valence-electron chi connectivity index (χ0n) is 13.8. The second-order valence-electron chi connectivity index (χ2n) is 5.84. The molecule has 1 fully saturated rings. The highest BCUT2D eigenvalue weighted by Gasteiger charge is 2.25. The van der Waals surface area contributed by atoms with Gasteiger partial charge in [0.05, 0.1) is 21.6 Å². The maximum absolute atomic E-state index is 12.9. The van der Waals surface area contributed by atoms with Crippen LogP contribution in [-0.4, -0.2) is 29.8 Å². The van der Waals surface area contributed by atoms with Crippen LogP contribution < -0.4 is 4.90 Å². The first-order valence-corrected chi connectivity index (χ1v) is 9.70. The molecule has 0 aliphatic carbocycles. The lowest BCUT2D eigenvalue weighted by molar-refractivity contribution is -0.117. The van der Waals surface area contributed by atoms with E-state index in [9.17, 15) is 9.59 Å². The Morgan fingerprint density at radius 1 is 1.28 bits per heavy atom. The fourth-order valence-corrected chi connectivity index (χ4v) is 4.21. The Bertz CT molecular complexity index is 806. The Labute approximate surface area is 160 Å². The fraction of sp³-hybridized carbons (Fsp3) is 0.333. The lowest BCUT2D eigenvalue weighted by atomic mass is 10.1. The summed E-state index contributed by atoms with van der Waals surface area (Å²) in [6, 6.07) is 8.88. The summed E-state index contributed by atoms with van der Waals surface area (Å²) in [7, 11) is 0. The Balaban J connectivity index is 1.84. The van der Waals surface area contributed by atoms with Crippen molar-refractivity contribution in [1.82, 2.24) is 4.90 Å². The van der Waals surface area contributed by atoms with Crippen molar-refractivity contribution < 1.29 is 9.59 Å². The van der Waals surface area contributed by atoms with Gasteiger partial charge >= 0.3 is 0 Å². The van der Waals surface area contributed by atoms with Gasteiger partial charge in [-0.2, -0.15) is 0 Å². The van der Waals surface area contributed by atoms with Gasteiger partial charge in [-0.3, -0.25) is 9.59 Å². The van der Waals surface area contributed by atoms with E-state index in [0.717, 1.165) is 11.3 Å². The van der Waals surface area contributed by atoms with Gasteiger partial charge in [0, 0.05) is 30.0 Å². The molecule has 2 aromatic rings. The molecule has 1 aliphatic heterocycles. The second kappa shape index (κ2) is 7.77. The summed E-state index contributed by atoms with van der Waals surface area (Å²) < 4.78 is 0.708. The van der Waals surface area contributed by atoms with Gasteiger partial charge in [-0.1, -0.05) is 23.2 Å². The molecule has 2 amide bonds. The van der Waals surface area contributed by atoms with Gasteiger partial charge in [-0.05, 0) is 43.7 Å². The van der Waals surface area contributed by atoms with E-state index in [1.165, 1.54) is 11.3 Å². The van der Waals surface area contributed by atoms with Crippen molar-refractivity contribution >= 4 is 52.0 Å². The van der Waals surface area contributed by atoms with Crippen LogP contribution in [0, 0.1) is 0 Å². The number of carbonyl (C=O) groups is 2. The molecule has 0 atom stereocenters. The molecule has 1 aliphatic rings. The van der Waals surface area contributed by atoms with Crippen LogP contribution in [-0.2, 0) is 11.3 Å². The lowest BCUT2D eigenvalue weighted by Gasteiger charge is -2.22. The van der Waals surface area contributed by atoms with Gasteiger partial charge in [-0.15, -0.1) is 11.3 Å². The van der Waals surface area contributed by atoms with Crippen LogP contribution in [0.2, 0.25) is 9.36 Å². The number of amides is 2. The molecule has 132 valence electrons. The smallest absolute Gasteiger partial charge is 0.254 e. The van der Waals surface area contributed by atoms with Gasteiger partial charge < -0.3 is 9.80 Å². The summed E-state index contributed by atoms with van der Waals surface area (Å²) in [5.74, 6) is -0.0383. The molecule has 0 bridgehead atoms. The first kappa shape index (κ1) is 18.2. The van der Waals surface area contributed by atoms with Crippen LogP contribution in [0.3, 0.4) is 0 Å². The summed E-state index contributed by atoms with van der Waals surface area (Å²) >= 11 is 13.7. The van der Waals surface area contributed by atoms with Crippen molar-refractivity contribution in [2.45, 2.75) is 26.3 Å². The number of benzene rings is 1. The standard InChI is InChI=1S/C18H18Cl2N2O2S/c1-2-21(11-13-6-8-16(20)25-13)18(24)12-5-7-14(19)15(10-12)22-9-3-4-17(22)23/h5-8,10H,2-4,9,11H2,1H3. The predicted molar refractivity (Wildman–Crippen MR) is 103 cm³/mol. The average Bonchev–Trinajstić information content (AvgIpc) is 3.20. The van der Waals surface area contributed by atoms with Crippen LogP contribution in [0.1, 0.15) is 35.0 Å². The normalized spacial score (nSPS) is 14.2. The predicted octanol–water partition coefficient (Wildman–Crippen LogP) is 4.84. The number of carbonyl (C=O) groups excluding carboxylic acids is 2. The molecule has 2 heterocycles. The number of thiophene rings is 1. The van der Waals surface area contributed by atoms with E-state index in [0.29, 0.717) is 46.7 Å². The van der Waals surface area contributed by atoms with Crippen LogP contribution in [0.4, 0.5) is 5.69 Å². The van der Waals surface area contributed by atoms with E-state index in [1.807, 2.05) is 19.1 Å². The summed E-state index contributed by atoms with van der Waals surface area (Å²) in [5, 5.41) is 0.486. The van der Waals surface area contributed by atoms with Crippen molar-refractivity contribution in [3.05, 3.63) is 50.1 Å². The van der Waals surface area contributed by atoms with Crippen molar-refractivity contribution in [2.75, 3.05) is 18.0 Å². The Kier molecular flexibility index (Phi) is 5.67. The lowest BCUT2D eigenvalue weighted by Crippen LogP contribution is -2.30. The van der Waals surface area contributed by atoms with E-state index in [2.05, 4.69) is 0 Å². The third kappa shape index (κ3) is 4.00. The molecule has 7 heteroatoms. The van der Waals surface area contributed by atoms with Crippen LogP contribution in [0.25, 0.3) is 0 Å². The number of rotatable bonds is 5. The molecule has 1 aromatic heterocycles. The van der Waals surface area contributed by atoms with Gasteiger partial charge in [-0.25, -0.2) is 0 Å². The first-order valence-electron chi connectivity index (χ1n) is 8.13. The van der Waals surface area contributed by atoms with Crippen LogP contribution in [0.5, 0.6) is 0 Å². The molecule has 4 nitrogen and oxygen atoms in total. The number of anilines is 1. The number of hydrogen-bond donors (Lipinski definition) is 0. The molecule has 1 aromatic carbocycles. The summed E-state index contributed by atoms with van der Waals surface area (Å²) in [6.45, 7) is 3.66. The first-order chi connectivity index (χ1) is 12.0. The SMILES string of the molecule is CCN(Cc1ccc(Cl)s1)C(=O)c1ccc(Cl)c(N2CCCC2=O)c1. The molecule has 25 heavy (non-hydrogen) atoms.